The van der Waals surface area contributed by atoms with E-state index >= 15 is 0 Å². The average Bonchev–Trinajstić information content (AvgIpc) is 3.03. The highest BCUT2D eigenvalue weighted by atomic mass is 32.1. The molecule has 0 spiro atoms. The fourth-order valence-electron chi connectivity index (χ4n) is 3.19. The molecular weight excluding hydrogens is 292 g/mol. The fraction of sp³-hybridized carbons (Fsp3) is 0.222. The molecule has 2 aromatic carbocycles. The van der Waals surface area contributed by atoms with Crippen molar-refractivity contribution in [2.75, 3.05) is 4.90 Å². The van der Waals surface area contributed by atoms with E-state index in [0.717, 1.165) is 27.3 Å². The molecule has 1 aromatic heterocycles. The Hall–Kier alpha value is -2.20. The van der Waals surface area contributed by atoms with Crippen molar-refractivity contribution in [3.63, 3.8) is 0 Å². The zero-order valence-corrected chi connectivity index (χ0v) is 13.4. The first-order valence-corrected chi connectivity index (χ1v) is 8.24. The number of benzene rings is 2. The Labute approximate surface area is 133 Å². The molecule has 3 aromatic rings. The minimum absolute atomic E-state index is 0.0602. The summed E-state index contributed by atoms with van der Waals surface area (Å²) in [5.74, 6) is 0.0602. The summed E-state index contributed by atoms with van der Waals surface area (Å²) in [5, 5.41) is 1.03. The largest absolute Gasteiger partial charge is 0.305 e. The molecule has 3 nitrogen and oxygen atoms in total. The summed E-state index contributed by atoms with van der Waals surface area (Å²) in [5.41, 5.74) is 3.90. The Morgan fingerprint density at radius 3 is 2.95 bits per heavy atom. The number of fused-ring (bicyclic) bond motifs is 2. The number of thiazole rings is 1. The van der Waals surface area contributed by atoms with E-state index in [1.54, 1.807) is 11.3 Å². The van der Waals surface area contributed by atoms with Gasteiger partial charge in [0.25, 0.3) is 5.91 Å². The standard InChI is InChI=1S/C18H16N2OS/c1-11-9-13-5-3-4-6-16(13)20(11)18(21)14-7-8-17-15(10-14)19-12(2)22-17/h3-8,10-11H,9H2,1-2H3/t11-/m0/s1. The van der Waals surface area contributed by atoms with Gasteiger partial charge in [0.1, 0.15) is 0 Å². The summed E-state index contributed by atoms with van der Waals surface area (Å²) in [6.45, 7) is 4.09. The average molecular weight is 308 g/mol. The van der Waals surface area contributed by atoms with E-state index in [9.17, 15) is 4.79 Å². The number of amides is 1. The summed E-state index contributed by atoms with van der Waals surface area (Å²) in [7, 11) is 0. The van der Waals surface area contributed by atoms with Crippen LogP contribution in [-0.2, 0) is 6.42 Å². The maximum Gasteiger partial charge on any atom is 0.258 e. The first kappa shape index (κ1) is 13.5. The van der Waals surface area contributed by atoms with Crippen molar-refractivity contribution in [3.05, 3.63) is 58.6 Å². The van der Waals surface area contributed by atoms with Crippen LogP contribution in [0.5, 0.6) is 0 Å². The van der Waals surface area contributed by atoms with Crippen molar-refractivity contribution in [1.29, 1.82) is 0 Å². The second kappa shape index (κ2) is 4.92. The number of carbonyl (C=O) groups is 1. The van der Waals surface area contributed by atoms with Crippen LogP contribution in [-0.4, -0.2) is 16.9 Å². The van der Waals surface area contributed by atoms with Crippen molar-refractivity contribution in [1.82, 2.24) is 4.98 Å². The Morgan fingerprint density at radius 2 is 2.09 bits per heavy atom. The lowest BCUT2D eigenvalue weighted by Gasteiger charge is -2.22. The number of para-hydroxylation sites is 1. The first-order valence-electron chi connectivity index (χ1n) is 7.42. The van der Waals surface area contributed by atoms with Crippen LogP contribution >= 0.6 is 11.3 Å². The molecular formula is C18H16N2OS. The number of aryl methyl sites for hydroxylation is 1. The van der Waals surface area contributed by atoms with Crippen LogP contribution in [0.1, 0.15) is 27.9 Å². The van der Waals surface area contributed by atoms with Gasteiger partial charge in [0.15, 0.2) is 0 Å². The molecule has 0 saturated carbocycles. The summed E-state index contributed by atoms with van der Waals surface area (Å²) in [6.07, 6.45) is 0.917. The Balaban J connectivity index is 1.76. The van der Waals surface area contributed by atoms with Gasteiger partial charge in [0.2, 0.25) is 0 Å². The number of hydrogen-bond acceptors (Lipinski definition) is 3. The maximum absolute atomic E-state index is 13.0. The van der Waals surface area contributed by atoms with Gasteiger partial charge in [-0.25, -0.2) is 4.98 Å². The maximum atomic E-state index is 13.0. The molecule has 0 saturated heterocycles. The highest BCUT2D eigenvalue weighted by molar-refractivity contribution is 7.18. The molecule has 22 heavy (non-hydrogen) atoms. The lowest BCUT2D eigenvalue weighted by molar-refractivity contribution is 0.0981. The van der Waals surface area contributed by atoms with E-state index < -0.39 is 0 Å². The van der Waals surface area contributed by atoms with Crippen molar-refractivity contribution in [3.8, 4) is 0 Å². The molecule has 1 atom stereocenters. The van der Waals surface area contributed by atoms with Gasteiger partial charge in [-0.2, -0.15) is 0 Å². The van der Waals surface area contributed by atoms with E-state index in [1.165, 1.54) is 5.56 Å². The molecule has 0 N–H and O–H groups in total. The predicted molar refractivity (Wildman–Crippen MR) is 90.8 cm³/mol. The van der Waals surface area contributed by atoms with E-state index in [2.05, 4.69) is 18.0 Å². The van der Waals surface area contributed by atoms with Gasteiger partial charge in [-0.15, -0.1) is 11.3 Å². The predicted octanol–water partition coefficient (Wildman–Crippen LogP) is 4.20. The van der Waals surface area contributed by atoms with Crippen molar-refractivity contribution >= 4 is 33.1 Å². The number of rotatable bonds is 1. The third-order valence-corrected chi connectivity index (χ3v) is 5.12. The highest BCUT2D eigenvalue weighted by Crippen LogP contribution is 2.33. The number of carbonyl (C=O) groups excluding carboxylic acids is 1. The summed E-state index contributed by atoms with van der Waals surface area (Å²) < 4.78 is 1.13. The van der Waals surface area contributed by atoms with Gasteiger partial charge in [-0.3, -0.25) is 4.79 Å². The minimum atomic E-state index is 0.0602. The number of anilines is 1. The normalized spacial score (nSPS) is 17.0. The number of nitrogens with zero attached hydrogens (tertiary/aromatic N) is 2. The molecule has 0 aliphatic carbocycles. The van der Waals surface area contributed by atoms with Crippen LogP contribution in [0.3, 0.4) is 0 Å². The SMILES string of the molecule is Cc1nc2cc(C(=O)N3c4ccccc4C[C@@H]3C)ccc2s1. The molecule has 1 amide bonds. The molecule has 0 bridgehead atoms. The Morgan fingerprint density at radius 1 is 1.27 bits per heavy atom. The Bertz CT molecular complexity index is 884. The third-order valence-electron chi connectivity index (χ3n) is 4.17. The molecule has 0 unspecified atom stereocenters. The monoisotopic (exact) mass is 308 g/mol. The molecule has 1 aliphatic heterocycles. The van der Waals surface area contributed by atoms with E-state index in [-0.39, 0.29) is 11.9 Å². The zero-order valence-electron chi connectivity index (χ0n) is 12.5. The molecule has 4 heteroatoms. The van der Waals surface area contributed by atoms with Crippen LogP contribution in [0.2, 0.25) is 0 Å². The van der Waals surface area contributed by atoms with Crippen molar-refractivity contribution in [2.24, 2.45) is 0 Å². The molecule has 4 rings (SSSR count). The fourth-order valence-corrected chi connectivity index (χ4v) is 4.00. The van der Waals surface area contributed by atoms with Gasteiger partial charge < -0.3 is 4.90 Å². The second-order valence-corrected chi connectivity index (χ2v) is 7.01. The van der Waals surface area contributed by atoms with Gasteiger partial charge >= 0.3 is 0 Å². The lowest BCUT2D eigenvalue weighted by Crippen LogP contribution is -2.35. The van der Waals surface area contributed by atoms with E-state index in [1.807, 2.05) is 48.2 Å². The van der Waals surface area contributed by atoms with Gasteiger partial charge in [0.05, 0.1) is 15.2 Å². The van der Waals surface area contributed by atoms with Crippen LogP contribution in [0.15, 0.2) is 42.5 Å². The summed E-state index contributed by atoms with van der Waals surface area (Å²) in [4.78, 5) is 19.4. The minimum Gasteiger partial charge on any atom is -0.305 e. The Kier molecular flexibility index (Phi) is 3.01. The number of hydrogen-bond donors (Lipinski definition) is 0. The summed E-state index contributed by atoms with van der Waals surface area (Å²) in [6, 6.07) is 14.2. The van der Waals surface area contributed by atoms with Crippen molar-refractivity contribution < 1.29 is 4.79 Å². The van der Waals surface area contributed by atoms with Gasteiger partial charge in [-0.05, 0) is 50.1 Å². The van der Waals surface area contributed by atoms with Crippen molar-refractivity contribution in [2.45, 2.75) is 26.3 Å². The molecule has 0 fully saturated rings. The number of aromatic nitrogens is 1. The van der Waals surface area contributed by atoms with Crippen LogP contribution in [0.25, 0.3) is 10.2 Å². The smallest absolute Gasteiger partial charge is 0.258 e. The summed E-state index contributed by atoms with van der Waals surface area (Å²) >= 11 is 1.66. The van der Waals surface area contributed by atoms with Gasteiger partial charge in [0, 0.05) is 17.3 Å². The zero-order chi connectivity index (χ0) is 15.3. The molecule has 1 aliphatic rings. The topological polar surface area (TPSA) is 33.2 Å². The third kappa shape index (κ3) is 2.03. The second-order valence-electron chi connectivity index (χ2n) is 5.77. The first-order chi connectivity index (χ1) is 10.6. The highest BCUT2D eigenvalue weighted by Gasteiger charge is 2.31. The molecule has 2 heterocycles. The van der Waals surface area contributed by atoms with Gasteiger partial charge in [-0.1, -0.05) is 18.2 Å². The molecule has 0 radical (unpaired) electrons. The van der Waals surface area contributed by atoms with E-state index in [0.29, 0.717) is 5.56 Å². The van der Waals surface area contributed by atoms with Crippen LogP contribution in [0, 0.1) is 6.92 Å². The quantitative estimate of drug-likeness (QED) is 0.675. The van der Waals surface area contributed by atoms with Crippen LogP contribution < -0.4 is 4.90 Å². The van der Waals surface area contributed by atoms with E-state index in [4.69, 9.17) is 0 Å². The van der Waals surface area contributed by atoms with Crippen LogP contribution in [0.4, 0.5) is 5.69 Å². The molecule has 110 valence electrons. The lowest BCUT2D eigenvalue weighted by atomic mass is 10.1.